The Bertz CT molecular complexity index is 158. The van der Waals surface area contributed by atoms with E-state index in [4.69, 9.17) is 9.47 Å². The maximum absolute atomic E-state index is 9.84. The number of aliphatic hydroxyl groups is 1. The largest absolute Gasteiger partial charge is 0.390 e. The van der Waals surface area contributed by atoms with Crippen LogP contribution in [0, 0.1) is 11.8 Å². The summed E-state index contributed by atoms with van der Waals surface area (Å²) in [5.74, 6) is 0.757. The molecule has 13 heavy (non-hydrogen) atoms. The van der Waals surface area contributed by atoms with Crippen molar-refractivity contribution in [1.29, 1.82) is 0 Å². The highest BCUT2D eigenvalue weighted by Gasteiger charge is 2.36. The van der Waals surface area contributed by atoms with Crippen molar-refractivity contribution in [2.24, 2.45) is 11.8 Å². The summed E-state index contributed by atoms with van der Waals surface area (Å²) in [6.45, 7) is 6.14. The SMILES string of the molecule is CO[C@@H]1C[C@H](C(C)C)[C@H](O)[C@H](C)O1. The highest BCUT2D eigenvalue weighted by molar-refractivity contribution is 4.82. The van der Waals surface area contributed by atoms with Gasteiger partial charge in [0.05, 0.1) is 12.2 Å². The molecule has 1 saturated heterocycles. The van der Waals surface area contributed by atoms with E-state index in [0.717, 1.165) is 6.42 Å². The Labute approximate surface area is 80.0 Å². The Hall–Kier alpha value is -0.120. The number of ether oxygens (including phenoxy) is 2. The summed E-state index contributed by atoms with van der Waals surface area (Å²) in [6.07, 6.45) is 0.169. The van der Waals surface area contributed by atoms with E-state index in [0.29, 0.717) is 5.92 Å². The van der Waals surface area contributed by atoms with Gasteiger partial charge in [0.25, 0.3) is 0 Å². The van der Waals surface area contributed by atoms with E-state index >= 15 is 0 Å². The minimum Gasteiger partial charge on any atom is -0.390 e. The molecule has 0 aromatic heterocycles. The first kappa shape index (κ1) is 11.0. The van der Waals surface area contributed by atoms with Crippen LogP contribution < -0.4 is 0 Å². The zero-order chi connectivity index (χ0) is 10.0. The van der Waals surface area contributed by atoms with E-state index in [1.807, 2.05) is 6.92 Å². The van der Waals surface area contributed by atoms with E-state index < -0.39 is 0 Å². The van der Waals surface area contributed by atoms with Crippen LogP contribution in [0.5, 0.6) is 0 Å². The van der Waals surface area contributed by atoms with Crippen molar-refractivity contribution in [2.75, 3.05) is 7.11 Å². The van der Waals surface area contributed by atoms with Gasteiger partial charge in [-0.05, 0) is 18.8 Å². The lowest BCUT2D eigenvalue weighted by Crippen LogP contribution is -2.46. The topological polar surface area (TPSA) is 38.7 Å². The molecule has 78 valence electrons. The van der Waals surface area contributed by atoms with Crippen LogP contribution in [0.4, 0.5) is 0 Å². The van der Waals surface area contributed by atoms with Gasteiger partial charge in [0.2, 0.25) is 0 Å². The van der Waals surface area contributed by atoms with Crippen molar-refractivity contribution >= 4 is 0 Å². The molecule has 0 radical (unpaired) electrons. The smallest absolute Gasteiger partial charge is 0.158 e. The zero-order valence-electron chi connectivity index (χ0n) is 8.86. The van der Waals surface area contributed by atoms with Crippen molar-refractivity contribution in [1.82, 2.24) is 0 Å². The molecule has 0 saturated carbocycles. The molecule has 0 aromatic rings. The van der Waals surface area contributed by atoms with E-state index in [9.17, 15) is 5.11 Å². The van der Waals surface area contributed by atoms with Crippen LogP contribution in [0.2, 0.25) is 0 Å². The predicted molar refractivity (Wildman–Crippen MR) is 50.3 cm³/mol. The average Bonchev–Trinajstić information content (AvgIpc) is 2.09. The molecule has 0 aromatic carbocycles. The summed E-state index contributed by atoms with van der Waals surface area (Å²) < 4.78 is 10.6. The van der Waals surface area contributed by atoms with Crippen LogP contribution >= 0.6 is 0 Å². The van der Waals surface area contributed by atoms with Crippen LogP contribution in [0.1, 0.15) is 27.2 Å². The number of rotatable bonds is 2. The molecule has 3 heteroatoms. The lowest BCUT2D eigenvalue weighted by atomic mass is 9.83. The third kappa shape index (κ3) is 2.42. The second-order valence-electron chi connectivity index (χ2n) is 4.14. The van der Waals surface area contributed by atoms with Gasteiger partial charge in [-0.25, -0.2) is 0 Å². The van der Waals surface area contributed by atoms with Crippen molar-refractivity contribution in [3.8, 4) is 0 Å². The second kappa shape index (κ2) is 4.40. The molecular weight excluding hydrogens is 168 g/mol. The molecule has 0 unspecified atom stereocenters. The highest BCUT2D eigenvalue weighted by Crippen LogP contribution is 2.30. The summed E-state index contributed by atoms with van der Waals surface area (Å²) in [7, 11) is 1.65. The third-order valence-corrected chi connectivity index (χ3v) is 2.87. The van der Waals surface area contributed by atoms with Gasteiger partial charge in [-0.1, -0.05) is 13.8 Å². The Morgan fingerprint density at radius 2 is 2.08 bits per heavy atom. The molecule has 1 aliphatic heterocycles. The fourth-order valence-corrected chi connectivity index (χ4v) is 1.90. The quantitative estimate of drug-likeness (QED) is 0.712. The molecule has 0 amide bonds. The van der Waals surface area contributed by atoms with Gasteiger partial charge >= 0.3 is 0 Å². The summed E-state index contributed by atoms with van der Waals surface area (Å²) >= 11 is 0. The molecule has 1 aliphatic rings. The van der Waals surface area contributed by atoms with Crippen LogP contribution in [-0.4, -0.2) is 30.7 Å². The zero-order valence-corrected chi connectivity index (χ0v) is 8.86. The van der Waals surface area contributed by atoms with E-state index in [1.54, 1.807) is 7.11 Å². The number of hydrogen-bond donors (Lipinski definition) is 1. The average molecular weight is 188 g/mol. The Morgan fingerprint density at radius 1 is 1.46 bits per heavy atom. The molecule has 1 fully saturated rings. The van der Waals surface area contributed by atoms with Gasteiger partial charge in [0.15, 0.2) is 6.29 Å². The van der Waals surface area contributed by atoms with E-state index in [1.165, 1.54) is 0 Å². The normalized spacial score (nSPS) is 41.1. The predicted octanol–water partition coefficient (Wildman–Crippen LogP) is 1.40. The Morgan fingerprint density at radius 3 is 2.54 bits per heavy atom. The molecule has 4 atom stereocenters. The lowest BCUT2D eigenvalue weighted by Gasteiger charge is -2.39. The Balaban J connectivity index is 2.60. The van der Waals surface area contributed by atoms with E-state index in [-0.39, 0.29) is 24.4 Å². The minimum atomic E-state index is -0.355. The van der Waals surface area contributed by atoms with Gasteiger partial charge in [0.1, 0.15) is 0 Å². The summed E-state index contributed by atoms with van der Waals surface area (Å²) in [4.78, 5) is 0. The number of aliphatic hydroxyl groups excluding tert-OH is 1. The van der Waals surface area contributed by atoms with Crippen LogP contribution in [0.25, 0.3) is 0 Å². The summed E-state index contributed by atoms with van der Waals surface area (Å²) in [5.41, 5.74) is 0. The highest BCUT2D eigenvalue weighted by atomic mass is 16.7. The van der Waals surface area contributed by atoms with Crippen molar-refractivity contribution in [3.63, 3.8) is 0 Å². The van der Waals surface area contributed by atoms with E-state index in [2.05, 4.69) is 13.8 Å². The van der Waals surface area contributed by atoms with Gasteiger partial charge in [-0.3, -0.25) is 0 Å². The Kier molecular flexibility index (Phi) is 3.71. The minimum absolute atomic E-state index is 0.119. The maximum atomic E-state index is 9.84. The third-order valence-electron chi connectivity index (χ3n) is 2.87. The van der Waals surface area contributed by atoms with Crippen LogP contribution in [-0.2, 0) is 9.47 Å². The molecule has 0 spiro atoms. The van der Waals surface area contributed by atoms with Gasteiger partial charge in [0, 0.05) is 13.5 Å². The van der Waals surface area contributed by atoms with Crippen molar-refractivity contribution in [3.05, 3.63) is 0 Å². The standard InChI is InChI=1S/C10H20O3/c1-6(2)8-5-9(12-4)13-7(3)10(8)11/h6-11H,5H2,1-4H3/t7-,8+,9-,10+/m0/s1. The first-order valence-electron chi connectivity index (χ1n) is 4.92. The molecule has 1 rings (SSSR count). The fourth-order valence-electron chi connectivity index (χ4n) is 1.90. The molecule has 0 bridgehead atoms. The monoisotopic (exact) mass is 188 g/mol. The number of hydrogen-bond acceptors (Lipinski definition) is 3. The van der Waals surface area contributed by atoms with Gasteiger partial charge < -0.3 is 14.6 Å². The van der Waals surface area contributed by atoms with Crippen LogP contribution in [0.3, 0.4) is 0 Å². The van der Waals surface area contributed by atoms with Crippen LogP contribution in [0.15, 0.2) is 0 Å². The summed E-state index contributed by atoms with van der Waals surface area (Å²) in [5, 5.41) is 9.84. The molecule has 1 heterocycles. The molecule has 0 aliphatic carbocycles. The lowest BCUT2D eigenvalue weighted by molar-refractivity contribution is -0.229. The fraction of sp³-hybridized carbons (Fsp3) is 1.00. The number of methoxy groups -OCH3 is 1. The molecule has 3 nitrogen and oxygen atoms in total. The molecule has 1 N–H and O–H groups in total. The first-order chi connectivity index (χ1) is 6.06. The first-order valence-corrected chi connectivity index (χ1v) is 4.92. The van der Waals surface area contributed by atoms with Crippen molar-refractivity contribution < 1.29 is 14.6 Å². The van der Waals surface area contributed by atoms with Gasteiger partial charge in [-0.2, -0.15) is 0 Å². The van der Waals surface area contributed by atoms with Crippen molar-refractivity contribution in [2.45, 2.75) is 45.7 Å². The summed E-state index contributed by atoms with van der Waals surface area (Å²) in [6, 6.07) is 0. The van der Waals surface area contributed by atoms with Gasteiger partial charge in [-0.15, -0.1) is 0 Å². The second-order valence-corrected chi connectivity index (χ2v) is 4.14. The molecular formula is C10H20O3. The maximum Gasteiger partial charge on any atom is 0.158 e.